The molecule has 0 radical (unpaired) electrons. The molecule has 1 atom stereocenters. The predicted octanol–water partition coefficient (Wildman–Crippen LogP) is 0.878. The molecule has 24 heavy (non-hydrogen) atoms. The van der Waals surface area contributed by atoms with Gasteiger partial charge in [-0.1, -0.05) is 18.2 Å². The number of hydrogen-bond donors (Lipinski definition) is 1. The SMILES string of the molecule is O=C(CCOc1ccccc1)N1CCCC(N2CCNCC2=O)C1. The van der Waals surface area contributed by atoms with E-state index in [4.69, 9.17) is 4.74 Å². The third kappa shape index (κ3) is 4.26. The van der Waals surface area contributed by atoms with Crippen LogP contribution in [-0.4, -0.2) is 67.0 Å². The minimum Gasteiger partial charge on any atom is -0.493 e. The van der Waals surface area contributed by atoms with Gasteiger partial charge in [0.05, 0.1) is 19.6 Å². The highest BCUT2D eigenvalue weighted by Gasteiger charge is 2.31. The number of likely N-dealkylation sites (tertiary alicyclic amines) is 1. The van der Waals surface area contributed by atoms with Crippen LogP contribution in [0.25, 0.3) is 0 Å². The molecule has 130 valence electrons. The molecule has 3 rings (SSSR count). The molecule has 0 aliphatic carbocycles. The maximum atomic E-state index is 12.4. The van der Waals surface area contributed by atoms with Crippen LogP contribution in [0.5, 0.6) is 5.75 Å². The quantitative estimate of drug-likeness (QED) is 0.870. The molecule has 6 heteroatoms. The smallest absolute Gasteiger partial charge is 0.236 e. The van der Waals surface area contributed by atoms with E-state index >= 15 is 0 Å². The summed E-state index contributed by atoms with van der Waals surface area (Å²) in [5, 5.41) is 3.09. The van der Waals surface area contributed by atoms with E-state index in [-0.39, 0.29) is 17.9 Å². The lowest BCUT2D eigenvalue weighted by Gasteiger charge is -2.41. The summed E-state index contributed by atoms with van der Waals surface area (Å²) in [7, 11) is 0. The molecule has 6 nitrogen and oxygen atoms in total. The van der Waals surface area contributed by atoms with E-state index in [0.717, 1.165) is 38.2 Å². The van der Waals surface area contributed by atoms with Gasteiger partial charge in [0.2, 0.25) is 11.8 Å². The molecule has 2 heterocycles. The zero-order chi connectivity index (χ0) is 16.8. The lowest BCUT2D eigenvalue weighted by Crippen LogP contribution is -2.57. The van der Waals surface area contributed by atoms with E-state index in [2.05, 4.69) is 5.32 Å². The first-order valence-corrected chi connectivity index (χ1v) is 8.70. The number of piperidine rings is 1. The van der Waals surface area contributed by atoms with E-state index in [1.54, 1.807) is 0 Å². The third-order valence-corrected chi connectivity index (χ3v) is 4.64. The molecule has 1 aromatic rings. The number of rotatable bonds is 5. The van der Waals surface area contributed by atoms with Crippen LogP contribution >= 0.6 is 0 Å². The van der Waals surface area contributed by atoms with Crippen molar-refractivity contribution in [3.05, 3.63) is 30.3 Å². The Kier molecular flexibility index (Phi) is 5.69. The van der Waals surface area contributed by atoms with E-state index in [9.17, 15) is 9.59 Å². The second-order valence-electron chi connectivity index (χ2n) is 6.31. The van der Waals surface area contributed by atoms with Gasteiger partial charge in [-0.25, -0.2) is 0 Å². The molecule has 1 aromatic carbocycles. The van der Waals surface area contributed by atoms with Crippen molar-refractivity contribution >= 4 is 11.8 Å². The highest BCUT2D eigenvalue weighted by molar-refractivity contribution is 5.80. The molecule has 0 spiro atoms. The molecule has 1 N–H and O–H groups in total. The minimum absolute atomic E-state index is 0.109. The van der Waals surface area contributed by atoms with Crippen molar-refractivity contribution in [3.63, 3.8) is 0 Å². The molecular weight excluding hydrogens is 306 g/mol. The van der Waals surface area contributed by atoms with E-state index in [0.29, 0.717) is 26.1 Å². The Bertz CT molecular complexity index is 564. The Balaban J connectivity index is 1.47. The first-order chi connectivity index (χ1) is 11.7. The molecular formula is C18H25N3O3. The van der Waals surface area contributed by atoms with E-state index in [1.165, 1.54) is 0 Å². The normalized spacial score (nSPS) is 21.7. The summed E-state index contributed by atoms with van der Waals surface area (Å²) in [6.45, 7) is 3.80. The standard InChI is InChI=1S/C18H25N3O3/c22-17(8-12-24-16-6-2-1-3-7-16)20-10-4-5-15(14-20)21-11-9-19-13-18(21)23/h1-3,6-7,15,19H,4-5,8-14H2. The molecule has 2 saturated heterocycles. The van der Waals surface area contributed by atoms with Crippen LogP contribution in [0.3, 0.4) is 0 Å². The first-order valence-electron chi connectivity index (χ1n) is 8.70. The van der Waals surface area contributed by atoms with Crippen LogP contribution in [0.2, 0.25) is 0 Å². The highest BCUT2D eigenvalue weighted by Crippen LogP contribution is 2.18. The van der Waals surface area contributed by atoms with Crippen molar-refractivity contribution < 1.29 is 14.3 Å². The number of piperazine rings is 1. The summed E-state index contributed by atoms with van der Waals surface area (Å²) in [4.78, 5) is 28.3. The first kappa shape index (κ1) is 16.8. The fourth-order valence-electron chi connectivity index (χ4n) is 3.37. The lowest BCUT2D eigenvalue weighted by molar-refractivity contribution is -0.140. The topological polar surface area (TPSA) is 61.9 Å². The summed E-state index contributed by atoms with van der Waals surface area (Å²) < 4.78 is 5.61. The monoisotopic (exact) mass is 331 g/mol. The fourth-order valence-corrected chi connectivity index (χ4v) is 3.37. The largest absolute Gasteiger partial charge is 0.493 e. The number of para-hydroxylation sites is 1. The van der Waals surface area contributed by atoms with Gasteiger partial charge in [0.1, 0.15) is 5.75 Å². The molecule has 0 aromatic heterocycles. The average Bonchev–Trinajstić information content (AvgIpc) is 2.63. The Morgan fingerprint density at radius 1 is 1.25 bits per heavy atom. The van der Waals surface area contributed by atoms with Gasteiger partial charge in [-0.3, -0.25) is 9.59 Å². The van der Waals surface area contributed by atoms with Crippen molar-refractivity contribution in [1.82, 2.24) is 15.1 Å². The van der Waals surface area contributed by atoms with Gasteiger partial charge in [-0.2, -0.15) is 0 Å². The average molecular weight is 331 g/mol. The molecule has 2 amide bonds. The van der Waals surface area contributed by atoms with Crippen LogP contribution in [0.1, 0.15) is 19.3 Å². The summed E-state index contributed by atoms with van der Waals surface area (Å²) >= 11 is 0. The summed E-state index contributed by atoms with van der Waals surface area (Å²) in [5.41, 5.74) is 0. The molecule has 2 aliphatic rings. The molecule has 0 saturated carbocycles. The Morgan fingerprint density at radius 2 is 2.08 bits per heavy atom. The van der Waals surface area contributed by atoms with Gasteiger partial charge in [-0.15, -0.1) is 0 Å². The Hall–Kier alpha value is -2.08. The summed E-state index contributed by atoms with van der Waals surface area (Å²) in [6, 6.07) is 9.69. The number of ether oxygens (including phenoxy) is 1. The van der Waals surface area contributed by atoms with Gasteiger partial charge < -0.3 is 19.9 Å². The highest BCUT2D eigenvalue weighted by atomic mass is 16.5. The number of nitrogens with one attached hydrogen (secondary N) is 1. The van der Waals surface area contributed by atoms with Crippen LogP contribution in [-0.2, 0) is 9.59 Å². The molecule has 1 unspecified atom stereocenters. The van der Waals surface area contributed by atoms with Gasteiger partial charge >= 0.3 is 0 Å². The van der Waals surface area contributed by atoms with Gasteiger partial charge in [-0.05, 0) is 25.0 Å². The van der Waals surface area contributed by atoms with Gasteiger partial charge in [0.25, 0.3) is 0 Å². The third-order valence-electron chi connectivity index (χ3n) is 4.64. The predicted molar refractivity (Wildman–Crippen MR) is 90.7 cm³/mol. The maximum Gasteiger partial charge on any atom is 0.236 e. The summed E-state index contributed by atoms with van der Waals surface area (Å²) in [6.07, 6.45) is 2.31. The van der Waals surface area contributed by atoms with Crippen LogP contribution in [0.15, 0.2) is 30.3 Å². The molecule has 0 bridgehead atoms. The number of benzene rings is 1. The Labute approximate surface area is 142 Å². The van der Waals surface area contributed by atoms with Crippen molar-refractivity contribution in [3.8, 4) is 5.75 Å². The Morgan fingerprint density at radius 3 is 2.88 bits per heavy atom. The maximum absolute atomic E-state index is 12.4. The number of nitrogens with zero attached hydrogens (tertiary/aromatic N) is 2. The van der Waals surface area contributed by atoms with Gasteiger partial charge in [0, 0.05) is 32.2 Å². The second-order valence-corrected chi connectivity index (χ2v) is 6.31. The molecule has 2 fully saturated rings. The van der Waals surface area contributed by atoms with Crippen LogP contribution < -0.4 is 10.1 Å². The van der Waals surface area contributed by atoms with Gasteiger partial charge in [0.15, 0.2) is 0 Å². The zero-order valence-electron chi connectivity index (χ0n) is 13.9. The second kappa shape index (κ2) is 8.15. The van der Waals surface area contributed by atoms with Crippen molar-refractivity contribution in [2.75, 3.05) is 39.3 Å². The number of amides is 2. The van der Waals surface area contributed by atoms with E-state index < -0.39 is 0 Å². The van der Waals surface area contributed by atoms with Crippen LogP contribution in [0.4, 0.5) is 0 Å². The minimum atomic E-state index is 0.109. The summed E-state index contributed by atoms with van der Waals surface area (Å²) in [5.74, 6) is 1.04. The number of carbonyl (C=O) groups excluding carboxylic acids is 2. The number of hydrogen-bond acceptors (Lipinski definition) is 4. The van der Waals surface area contributed by atoms with Crippen molar-refractivity contribution in [2.45, 2.75) is 25.3 Å². The van der Waals surface area contributed by atoms with Crippen molar-refractivity contribution in [2.24, 2.45) is 0 Å². The van der Waals surface area contributed by atoms with E-state index in [1.807, 2.05) is 40.1 Å². The zero-order valence-corrected chi connectivity index (χ0v) is 13.9. The fraction of sp³-hybridized carbons (Fsp3) is 0.556. The van der Waals surface area contributed by atoms with Crippen LogP contribution in [0, 0.1) is 0 Å². The lowest BCUT2D eigenvalue weighted by atomic mass is 10.0. The molecule has 2 aliphatic heterocycles. The number of carbonyl (C=O) groups is 2. The van der Waals surface area contributed by atoms with Crippen molar-refractivity contribution in [1.29, 1.82) is 0 Å².